The highest BCUT2D eigenvalue weighted by Crippen LogP contribution is 2.27. The predicted octanol–water partition coefficient (Wildman–Crippen LogP) is 4.36. The highest BCUT2D eigenvalue weighted by Gasteiger charge is 2.04. The minimum Gasteiger partial charge on any atom is -0.399 e. The first-order valence-corrected chi connectivity index (χ1v) is 6.99. The first kappa shape index (κ1) is 12.9. The Morgan fingerprint density at radius 2 is 1.53 bits per heavy atom. The van der Waals surface area contributed by atoms with Crippen molar-refractivity contribution in [1.82, 2.24) is 0 Å². The van der Waals surface area contributed by atoms with Crippen molar-refractivity contribution in [2.45, 2.75) is 0 Å². The molecule has 0 aliphatic carbocycles. The molecule has 0 saturated heterocycles. The van der Waals surface area contributed by atoms with Crippen LogP contribution in [0.3, 0.4) is 0 Å². The maximum atomic E-state index is 13.0. The summed E-state index contributed by atoms with van der Waals surface area (Å²) in [7, 11) is 0. The lowest BCUT2D eigenvalue weighted by Gasteiger charge is -2.11. The number of nitrogens with two attached hydrogens (primary N) is 1. The van der Waals surface area contributed by atoms with Gasteiger partial charge >= 0.3 is 0 Å². The number of rotatable bonds is 2. The van der Waals surface area contributed by atoms with Crippen LogP contribution in [0.1, 0.15) is 0 Å². The molecule has 3 N–H and O–H groups in total. The molecule has 0 bridgehead atoms. The molecule has 2 nitrogen and oxygen atoms in total. The van der Waals surface area contributed by atoms with Crippen LogP contribution in [0.2, 0.25) is 0 Å². The smallest absolute Gasteiger partial charge is 0.124 e. The van der Waals surface area contributed by atoms with Crippen LogP contribution in [-0.2, 0) is 0 Å². The van der Waals surface area contributed by atoms with Crippen LogP contribution in [0, 0.1) is 13.0 Å². The summed E-state index contributed by atoms with van der Waals surface area (Å²) in [6, 6.07) is 10.3. The summed E-state index contributed by atoms with van der Waals surface area (Å²) in [6.07, 6.45) is 0. The summed E-state index contributed by atoms with van der Waals surface area (Å²) in [5, 5.41) is 3.26. The molecule has 0 aromatic heterocycles. The third-order valence-electron chi connectivity index (χ3n) is 2.19. The third-order valence-corrected chi connectivity index (χ3v) is 3.98. The van der Waals surface area contributed by atoms with Crippen LogP contribution in [0.4, 0.5) is 21.5 Å². The van der Waals surface area contributed by atoms with E-state index < -0.39 is 0 Å². The maximum Gasteiger partial charge on any atom is 0.124 e. The topological polar surface area (TPSA) is 38.0 Å². The number of anilines is 3. The van der Waals surface area contributed by atoms with E-state index in [4.69, 9.17) is 5.73 Å². The molecule has 2 rings (SSSR count). The molecule has 0 radical (unpaired) electrons. The molecule has 2 aromatic carbocycles. The van der Waals surface area contributed by atoms with Crippen molar-refractivity contribution in [2.24, 2.45) is 0 Å². The zero-order valence-corrected chi connectivity index (χ0v) is 13.0. The zero-order chi connectivity index (χ0) is 12.4. The summed E-state index contributed by atoms with van der Waals surface area (Å²) >= 11 is 4.31. The number of hydrogen-bond donors (Lipinski definition) is 2. The molecule has 5 heteroatoms. The molecule has 0 atom stereocenters. The number of nitrogens with one attached hydrogen (secondary N) is 1. The van der Waals surface area contributed by atoms with Gasteiger partial charge in [-0.3, -0.25) is 0 Å². The Bertz CT molecular complexity index is 509. The predicted molar refractivity (Wildman–Crippen MR) is 86.0 cm³/mol. The SMILES string of the molecule is Nc1ccc(Nc2ccc(F)cc2I)c(I)c1. The lowest BCUT2D eigenvalue weighted by molar-refractivity contribution is 0.627. The first-order chi connectivity index (χ1) is 8.06. The molecule has 0 unspecified atom stereocenters. The summed E-state index contributed by atoms with van der Waals surface area (Å²) in [5.74, 6) is -0.230. The Kier molecular flexibility index (Phi) is 4.08. The molecule has 0 fully saturated rings. The zero-order valence-electron chi connectivity index (χ0n) is 8.68. The lowest BCUT2D eigenvalue weighted by atomic mass is 10.2. The van der Waals surface area contributed by atoms with Gasteiger partial charge in [-0.1, -0.05) is 0 Å². The van der Waals surface area contributed by atoms with Crippen molar-refractivity contribution >= 4 is 62.2 Å². The van der Waals surface area contributed by atoms with Crippen LogP contribution in [0.5, 0.6) is 0 Å². The molecule has 0 aliphatic heterocycles. The van der Waals surface area contributed by atoms with Gasteiger partial charge in [0.2, 0.25) is 0 Å². The fourth-order valence-corrected chi connectivity index (χ4v) is 2.66. The van der Waals surface area contributed by atoms with Gasteiger partial charge in [0.05, 0.1) is 11.4 Å². The van der Waals surface area contributed by atoms with Crippen LogP contribution in [0.25, 0.3) is 0 Å². The minimum absolute atomic E-state index is 0.230. The van der Waals surface area contributed by atoms with Gasteiger partial charge in [-0.05, 0) is 81.6 Å². The van der Waals surface area contributed by atoms with E-state index in [1.54, 1.807) is 6.07 Å². The van der Waals surface area contributed by atoms with Crippen molar-refractivity contribution < 1.29 is 4.39 Å². The van der Waals surface area contributed by atoms with Crippen molar-refractivity contribution in [3.8, 4) is 0 Å². The first-order valence-electron chi connectivity index (χ1n) is 4.83. The van der Waals surface area contributed by atoms with E-state index in [0.717, 1.165) is 24.2 Å². The van der Waals surface area contributed by atoms with Gasteiger partial charge in [-0.25, -0.2) is 4.39 Å². The largest absolute Gasteiger partial charge is 0.399 e. The van der Waals surface area contributed by atoms with E-state index in [1.807, 2.05) is 18.2 Å². The minimum atomic E-state index is -0.230. The van der Waals surface area contributed by atoms with Gasteiger partial charge in [0.1, 0.15) is 5.82 Å². The molecule has 2 aromatic rings. The Morgan fingerprint density at radius 3 is 2.12 bits per heavy atom. The highest BCUT2D eigenvalue weighted by molar-refractivity contribution is 14.1. The van der Waals surface area contributed by atoms with Crippen LogP contribution in [-0.4, -0.2) is 0 Å². The van der Waals surface area contributed by atoms with Crippen LogP contribution < -0.4 is 11.1 Å². The van der Waals surface area contributed by atoms with Gasteiger partial charge in [-0.2, -0.15) is 0 Å². The monoisotopic (exact) mass is 454 g/mol. The number of hydrogen-bond acceptors (Lipinski definition) is 2. The molecule has 0 saturated carbocycles. The van der Waals surface area contributed by atoms with Crippen LogP contribution >= 0.6 is 45.2 Å². The van der Waals surface area contributed by atoms with Crippen molar-refractivity contribution in [3.05, 3.63) is 49.4 Å². The van der Waals surface area contributed by atoms with E-state index in [-0.39, 0.29) is 5.82 Å². The molecule has 0 spiro atoms. The van der Waals surface area contributed by atoms with E-state index in [2.05, 4.69) is 50.5 Å². The number of nitrogen functional groups attached to an aromatic ring is 1. The number of halogens is 3. The molecule has 17 heavy (non-hydrogen) atoms. The normalized spacial score (nSPS) is 10.3. The number of benzene rings is 2. The van der Waals surface area contributed by atoms with E-state index in [9.17, 15) is 4.39 Å². The van der Waals surface area contributed by atoms with E-state index in [1.165, 1.54) is 12.1 Å². The maximum absolute atomic E-state index is 13.0. The molecule has 0 heterocycles. The molecule has 0 amide bonds. The summed E-state index contributed by atoms with van der Waals surface area (Å²) in [4.78, 5) is 0. The van der Waals surface area contributed by atoms with Crippen molar-refractivity contribution in [2.75, 3.05) is 11.1 Å². The Labute approximate surface area is 126 Å². The standard InChI is InChI=1S/C12H9FI2N2/c13-7-1-3-11(9(14)5-7)17-12-4-2-8(16)6-10(12)15/h1-6,17H,16H2. The quantitative estimate of drug-likeness (QED) is 0.523. The lowest BCUT2D eigenvalue weighted by Crippen LogP contribution is -1.97. The molecular weight excluding hydrogens is 445 g/mol. The highest BCUT2D eigenvalue weighted by atomic mass is 127. The fraction of sp³-hybridized carbons (Fsp3) is 0. The molecule has 0 aliphatic rings. The van der Waals surface area contributed by atoms with E-state index in [0.29, 0.717) is 0 Å². The van der Waals surface area contributed by atoms with Gasteiger partial charge in [0, 0.05) is 12.8 Å². The van der Waals surface area contributed by atoms with Gasteiger partial charge in [-0.15, -0.1) is 0 Å². The van der Waals surface area contributed by atoms with E-state index >= 15 is 0 Å². The summed E-state index contributed by atoms with van der Waals surface area (Å²) in [6.45, 7) is 0. The van der Waals surface area contributed by atoms with Crippen molar-refractivity contribution in [3.63, 3.8) is 0 Å². The van der Waals surface area contributed by atoms with Crippen LogP contribution in [0.15, 0.2) is 36.4 Å². The fourth-order valence-electron chi connectivity index (χ4n) is 1.37. The summed E-state index contributed by atoms with van der Waals surface area (Å²) in [5.41, 5.74) is 8.26. The van der Waals surface area contributed by atoms with Gasteiger partial charge in [0.25, 0.3) is 0 Å². The Hall–Kier alpha value is -0.570. The summed E-state index contributed by atoms with van der Waals surface area (Å²) < 4.78 is 14.8. The Morgan fingerprint density at radius 1 is 0.941 bits per heavy atom. The Balaban J connectivity index is 2.31. The van der Waals surface area contributed by atoms with Gasteiger partial charge < -0.3 is 11.1 Å². The second-order valence-electron chi connectivity index (χ2n) is 3.49. The molecular formula is C12H9FI2N2. The third kappa shape index (κ3) is 3.21. The second-order valence-corrected chi connectivity index (χ2v) is 5.81. The second kappa shape index (κ2) is 5.38. The van der Waals surface area contributed by atoms with Gasteiger partial charge in [0.15, 0.2) is 0 Å². The average molecular weight is 454 g/mol. The molecule has 88 valence electrons. The van der Waals surface area contributed by atoms with Crippen molar-refractivity contribution in [1.29, 1.82) is 0 Å². The average Bonchev–Trinajstić information content (AvgIpc) is 2.25.